The van der Waals surface area contributed by atoms with Crippen LogP contribution < -0.4 is 15.1 Å². The molecule has 1 aliphatic heterocycles. The predicted molar refractivity (Wildman–Crippen MR) is 124 cm³/mol. The first kappa shape index (κ1) is 22.1. The first-order valence-electron chi connectivity index (χ1n) is 10.6. The zero-order valence-electron chi connectivity index (χ0n) is 18.8. The monoisotopic (exact) mass is 450 g/mol. The molecule has 172 valence electrons. The Bertz CT molecular complexity index is 1180. The summed E-state index contributed by atoms with van der Waals surface area (Å²) in [7, 11) is 3.41. The summed E-state index contributed by atoms with van der Waals surface area (Å²) in [5, 5.41) is 12.1. The van der Waals surface area contributed by atoms with Gasteiger partial charge in [-0.1, -0.05) is 6.07 Å². The number of aromatic nitrogens is 4. The Hall–Kier alpha value is -4.15. The number of imidazole rings is 1. The maximum absolute atomic E-state index is 13.4. The van der Waals surface area contributed by atoms with Crippen molar-refractivity contribution in [1.82, 2.24) is 24.4 Å². The molecule has 2 aromatic heterocycles. The lowest BCUT2D eigenvalue weighted by Gasteiger charge is -2.21. The van der Waals surface area contributed by atoms with Gasteiger partial charge in [0.15, 0.2) is 0 Å². The molecule has 0 radical (unpaired) electrons. The molecule has 11 heteroatoms. The number of nitrogens with one attached hydrogen (secondary N) is 1. The highest BCUT2D eigenvalue weighted by molar-refractivity contribution is 6.09. The Morgan fingerprint density at radius 1 is 1.24 bits per heavy atom. The second-order valence-electron chi connectivity index (χ2n) is 7.77. The van der Waals surface area contributed by atoms with E-state index in [4.69, 9.17) is 5.11 Å². The van der Waals surface area contributed by atoms with Gasteiger partial charge in [0.05, 0.1) is 18.6 Å². The molecule has 0 spiro atoms. The molecule has 0 atom stereocenters. The molecular weight excluding hydrogens is 424 g/mol. The van der Waals surface area contributed by atoms with E-state index in [-0.39, 0.29) is 12.5 Å². The molecule has 0 bridgehead atoms. The second-order valence-corrected chi connectivity index (χ2v) is 7.77. The number of hydrogen-bond acceptors (Lipinski definition) is 7. The smallest absolute Gasteiger partial charge is 0.407 e. The fraction of sp³-hybridized carbons (Fsp3) is 0.318. The average Bonchev–Trinajstić information content (AvgIpc) is 3.23. The van der Waals surface area contributed by atoms with Crippen LogP contribution in [-0.2, 0) is 6.54 Å². The summed E-state index contributed by atoms with van der Waals surface area (Å²) < 4.78 is 1.81. The number of benzene rings is 1. The summed E-state index contributed by atoms with van der Waals surface area (Å²) in [4.78, 5) is 42.4. The molecule has 1 aromatic carbocycles. The van der Waals surface area contributed by atoms with Gasteiger partial charge in [-0.05, 0) is 25.1 Å². The molecule has 4 rings (SSSR count). The third kappa shape index (κ3) is 4.56. The molecule has 0 saturated carbocycles. The van der Waals surface area contributed by atoms with Crippen molar-refractivity contribution in [3.05, 3.63) is 54.2 Å². The molecular formula is C22H26N8O3. The predicted octanol–water partition coefficient (Wildman–Crippen LogP) is 2.30. The Morgan fingerprint density at radius 3 is 2.79 bits per heavy atom. The fourth-order valence-corrected chi connectivity index (χ4v) is 3.63. The minimum atomic E-state index is -1.02. The van der Waals surface area contributed by atoms with E-state index < -0.39 is 6.09 Å². The van der Waals surface area contributed by atoms with Crippen molar-refractivity contribution in [2.45, 2.75) is 13.5 Å². The summed E-state index contributed by atoms with van der Waals surface area (Å²) in [6.45, 7) is 3.95. The summed E-state index contributed by atoms with van der Waals surface area (Å²) in [5.41, 5.74) is 2.63. The van der Waals surface area contributed by atoms with E-state index in [1.54, 1.807) is 23.6 Å². The Labute approximate surface area is 191 Å². The highest BCUT2D eigenvalue weighted by Crippen LogP contribution is 2.27. The minimum Gasteiger partial charge on any atom is -0.465 e. The molecule has 0 unspecified atom stereocenters. The summed E-state index contributed by atoms with van der Waals surface area (Å²) in [5.74, 6) is 0.936. The molecule has 0 aliphatic carbocycles. The first-order valence-corrected chi connectivity index (χ1v) is 10.6. The molecule has 0 saturated heterocycles. The lowest BCUT2D eigenvalue weighted by molar-refractivity contribution is 0.0989. The summed E-state index contributed by atoms with van der Waals surface area (Å²) >= 11 is 0. The number of carbonyl (C=O) groups excluding carboxylic acids is 1. The van der Waals surface area contributed by atoms with Gasteiger partial charge in [-0.3, -0.25) is 4.79 Å². The molecule has 11 nitrogen and oxygen atoms in total. The Balaban J connectivity index is 1.61. The van der Waals surface area contributed by atoms with E-state index in [1.165, 1.54) is 7.05 Å². The highest BCUT2D eigenvalue weighted by atomic mass is 16.4. The molecule has 2 N–H and O–H groups in total. The number of rotatable bonds is 6. The van der Waals surface area contributed by atoms with Crippen LogP contribution in [0.3, 0.4) is 0 Å². The van der Waals surface area contributed by atoms with Gasteiger partial charge < -0.3 is 29.7 Å². The van der Waals surface area contributed by atoms with Crippen LogP contribution in [0.25, 0.3) is 5.69 Å². The van der Waals surface area contributed by atoms with E-state index in [0.717, 1.165) is 16.3 Å². The van der Waals surface area contributed by atoms with E-state index in [1.807, 2.05) is 47.7 Å². The van der Waals surface area contributed by atoms with Gasteiger partial charge in [0, 0.05) is 57.5 Å². The second kappa shape index (κ2) is 9.15. The van der Waals surface area contributed by atoms with Crippen molar-refractivity contribution in [2.24, 2.45) is 0 Å². The van der Waals surface area contributed by atoms with Crippen LogP contribution in [0.15, 0.2) is 43.0 Å². The van der Waals surface area contributed by atoms with Crippen LogP contribution in [-0.4, -0.2) is 75.3 Å². The van der Waals surface area contributed by atoms with Gasteiger partial charge in [0.2, 0.25) is 5.95 Å². The lowest BCUT2D eigenvalue weighted by Crippen LogP contribution is -2.33. The van der Waals surface area contributed by atoms with E-state index in [9.17, 15) is 9.59 Å². The number of anilines is 3. The molecule has 0 fully saturated rings. The minimum absolute atomic E-state index is 0.163. The number of carbonyl (C=O) groups is 2. The largest absolute Gasteiger partial charge is 0.465 e. The number of nitrogens with zero attached hydrogens (tertiary/aromatic N) is 7. The standard InChI is InChI=1S/C22H26N8O3/c1-4-23-21-24-11-18-19(26-21)27(2)8-9-30(20(18)31)17-7-5-6-16(10-17)29-13-15(25-14-29)12-28(3)22(32)33/h5-7,10-11,13-14H,4,8-9,12H2,1-3H3,(H,32,33)(H,23,24,26). The van der Waals surface area contributed by atoms with Crippen LogP contribution in [0.5, 0.6) is 0 Å². The summed E-state index contributed by atoms with van der Waals surface area (Å²) in [6, 6.07) is 7.57. The third-order valence-corrected chi connectivity index (χ3v) is 5.40. The lowest BCUT2D eigenvalue weighted by atomic mass is 10.2. The zero-order chi connectivity index (χ0) is 23.5. The molecule has 3 heterocycles. The van der Waals surface area contributed by atoms with Gasteiger partial charge in [-0.25, -0.2) is 14.8 Å². The first-order chi connectivity index (χ1) is 15.9. The van der Waals surface area contributed by atoms with Gasteiger partial charge in [0.25, 0.3) is 5.91 Å². The number of hydrogen-bond donors (Lipinski definition) is 2. The van der Waals surface area contributed by atoms with Crippen molar-refractivity contribution in [3.8, 4) is 5.69 Å². The van der Waals surface area contributed by atoms with Gasteiger partial charge in [0.1, 0.15) is 11.4 Å². The SMILES string of the molecule is CCNc1ncc2c(n1)N(C)CCN(c1cccc(-n3cnc(CN(C)C(=O)O)c3)c1)C2=O. The number of amides is 2. The maximum Gasteiger partial charge on any atom is 0.407 e. The van der Waals surface area contributed by atoms with Crippen LogP contribution in [0.4, 0.5) is 22.2 Å². The van der Waals surface area contributed by atoms with Crippen LogP contribution in [0.2, 0.25) is 0 Å². The van der Waals surface area contributed by atoms with Crippen LogP contribution >= 0.6 is 0 Å². The third-order valence-electron chi connectivity index (χ3n) is 5.40. The van der Waals surface area contributed by atoms with Gasteiger partial charge >= 0.3 is 6.09 Å². The number of likely N-dealkylation sites (N-methyl/N-ethyl adjacent to an activating group) is 1. The van der Waals surface area contributed by atoms with Crippen LogP contribution in [0, 0.1) is 0 Å². The van der Waals surface area contributed by atoms with Crippen LogP contribution in [0.1, 0.15) is 23.0 Å². The number of carboxylic acid groups (broad SMARTS) is 1. The van der Waals surface area contributed by atoms with Gasteiger partial charge in [-0.15, -0.1) is 0 Å². The van der Waals surface area contributed by atoms with Crippen molar-refractivity contribution in [3.63, 3.8) is 0 Å². The fourth-order valence-electron chi connectivity index (χ4n) is 3.63. The van der Waals surface area contributed by atoms with Crippen molar-refractivity contribution in [1.29, 1.82) is 0 Å². The molecule has 3 aromatic rings. The summed E-state index contributed by atoms with van der Waals surface area (Å²) in [6.07, 6.45) is 3.97. The molecule has 1 aliphatic rings. The molecule has 33 heavy (non-hydrogen) atoms. The van der Waals surface area contributed by atoms with Gasteiger partial charge in [-0.2, -0.15) is 4.98 Å². The number of fused-ring (bicyclic) bond motifs is 1. The van der Waals surface area contributed by atoms with E-state index in [2.05, 4.69) is 20.3 Å². The zero-order valence-corrected chi connectivity index (χ0v) is 18.8. The molecule has 2 amide bonds. The quantitative estimate of drug-likeness (QED) is 0.587. The van der Waals surface area contributed by atoms with E-state index in [0.29, 0.717) is 42.7 Å². The normalized spacial score (nSPS) is 13.5. The highest BCUT2D eigenvalue weighted by Gasteiger charge is 2.28. The van der Waals surface area contributed by atoms with Crippen molar-refractivity contribution in [2.75, 3.05) is 48.8 Å². The van der Waals surface area contributed by atoms with Crippen molar-refractivity contribution >= 4 is 29.5 Å². The topological polar surface area (TPSA) is 120 Å². The maximum atomic E-state index is 13.4. The van der Waals surface area contributed by atoms with E-state index >= 15 is 0 Å². The Morgan fingerprint density at radius 2 is 2.03 bits per heavy atom. The Kier molecular flexibility index (Phi) is 6.11. The van der Waals surface area contributed by atoms with Crippen molar-refractivity contribution < 1.29 is 14.7 Å². The average molecular weight is 451 g/mol.